The Morgan fingerprint density at radius 1 is 0.912 bits per heavy atom. The quantitative estimate of drug-likeness (QED) is 0.574. The number of carbonyl (C=O) groups excluding carboxylic acids is 2. The lowest BCUT2D eigenvalue weighted by molar-refractivity contribution is -0.131. The van der Waals surface area contributed by atoms with Gasteiger partial charge in [-0.05, 0) is 31.9 Å². The Bertz CT molecular complexity index is 1200. The van der Waals surface area contributed by atoms with Crippen molar-refractivity contribution in [3.63, 3.8) is 0 Å². The summed E-state index contributed by atoms with van der Waals surface area (Å²) in [6, 6.07) is 9.24. The van der Waals surface area contributed by atoms with Crippen LogP contribution in [0.3, 0.4) is 0 Å². The third kappa shape index (κ3) is 4.23. The Balaban J connectivity index is 1.36. The number of rotatable bonds is 5. The first-order valence-electron chi connectivity index (χ1n) is 12.0. The predicted octanol–water partition coefficient (Wildman–Crippen LogP) is 1.54. The number of pyridine rings is 1. The first kappa shape index (κ1) is 22.3. The molecule has 0 bridgehead atoms. The van der Waals surface area contributed by atoms with E-state index in [-0.39, 0.29) is 17.4 Å². The number of aryl methyl sites for hydroxylation is 1. The molecule has 0 aliphatic carbocycles. The van der Waals surface area contributed by atoms with Crippen LogP contribution in [-0.4, -0.2) is 86.7 Å². The molecule has 0 aromatic heterocycles. The molecule has 4 aliphatic heterocycles. The van der Waals surface area contributed by atoms with Crippen molar-refractivity contribution in [1.82, 2.24) is 29.0 Å². The molecular weight excluding hydrogens is 432 g/mol. The minimum absolute atomic E-state index is 0.129. The van der Waals surface area contributed by atoms with Gasteiger partial charge < -0.3 is 14.4 Å². The van der Waals surface area contributed by atoms with Gasteiger partial charge in [0.05, 0.1) is 23.4 Å². The number of nitrogens with zero attached hydrogens (tertiary/aromatic N) is 6. The van der Waals surface area contributed by atoms with Gasteiger partial charge in [0.2, 0.25) is 5.91 Å². The molecule has 9 nitrogen and oxygen atoms in total. The van der Waals surface area contributed by atoms with Gasteiger partial charge in [-0.25, -0.2) is 0 Å². The highest BCUT2D eigenvalue weighted by atomic mass is 16.2. The van der Waals surface area contributed by atoms with Crippen molar-refractivity contribution in [2.45, 2.75) is 26.3 Å². The minimum Gasteiger partial charge on any atom is -0.353 e. The van der Waals surface area contributed by atoms with E-state index in [1.807, 2.05) is 46.7 Å². The topological polar surface area (TPSA) is 83.7 Å². The summed E-state index contributed by atoms with van der Waals surface area (Å²) in [4.78, 5) is 45.0. The van der Waals surface area contributed by atoms with Gasteiger partial charge in [0.25, 0.3) is 11.5 Å². The average molecular weight is 463 g/mol. The van der Waals surface area contributed by atoms with Crippen molar-refractivity contribution < 1.29 is 9.59 Å². The Morgan fingerprint density at radius 2 is 1.62 bits per heavy atom. The summed E-state index contributed by atoms with van der Waals surface area (Å²) in [5, 5.41) is 4.55. The van der Waals surface area contributed by atoms with Crippen molar-refractivity contribution in [3.8, 4) is 16.9 Å². The molecule has 2 saturated heterocycles. The number of para-hydroxylation sites is 1. The predicted molar refractivity (Wildman–Crippen MR) is 128 cm³/mol. The lowest BCUT2D eigenvalue weighted by atomic mass is 10.1. The number of hydrogen-bond acceptors (Lipinski definition) is 5. The standard InChI is InChI=1S/C25H30N6O3/c1-2-27-16-20(23-21(17-27)25(34)31(26-23)19-8-4-3-5-9-19)24(33)30-14-12-28(13-15-30)18-22(32)29-10-6-7-11-29/h3-5,8-9,16-17H,2,6-7,10-15,18H2,1H3. The Morgan fingerprint density at radius 3 is 2.29 bits per heavy atom. The van der Waals surface area contributed by atoms with Gasteiger partial charge in [-0.15, -0.1) is 0 Å². The van der Waals surface area contributed by atoms with E-state index in [4.69, 9.17) is 0 Å². The van der Waals surface area contributed by atoms with Gasteiger partial charge in [-0.3, -0.25) is 19.3 Å². The van der Waals surface area contributed by atoms with Crippen LogP contribution in [0.4, 0.5) is 0 Å². The molecule has 0 N–H and O–H groups in total. The zero-order valence-electron chi connectivity index (χ0n) is 19.5. The molecule has 0 saturated carbocycles. The largest absolute Gasteiger partial charge is 0.353 e. The summed E-state index contributed by atoms with van der Waals surface area (Å²) >= 11 is 0. The van der Waals surface area contributed by atoms with Crippen molar-refractivity contribution in [1.29, 1.82) is 0 Å². The van der Waals surface area contributed by atoms with Gasteiger partial charge in [0.15, 0.2) is 0 Å². The summed E-state index contributed by atoms with van der Waals surface area (Å²) in [5.41, 5.74) is 1.74. The second-order valence-electron chi connectivity index (χ2n) is 8.97. The number of hydrogen-bond donors (Lipinski definition) is 0. The van der Waals surface area contributed by atoms with Gasteiger partial charge in [0.1, 0.15) is 5.69 Å². The van der Waals surface area contributed by atoms with Crippen molar-refractivity contribution in [2.24, 2.45) is 0 Å². The first-order valence-corrected chi connectivity index (χ1v) is 12.0. The highest BCUT2D eigenvalue weighted by molar-refractivity contribution is 6.00. The smallest absolute Gasteiger partial charge is 0.282 e. The number of carbonyl (C=O) groups is 2. The number of likely N-dealkylation sites (tertiary alicyclic amines) is 1. The fraction of sp³-hybridized carbons (Fsp3) is 0.440. The third-order valence-electron chi connectivity index (χ3n) is 6.80. The van der Waals surface area contributed by atoms with E-state index in [0.29, 0.717) is 61.8 Å². The Labute approximate surface area is 198 Å². The molecule has 0 atom stereocenters. The number of aromatic nitrogens is 3. The lowest BCUT2D eigenvalue weighted by Crippen LogP contribution is -2.51. The van der Waals surface area contributed by atoms with Crippen molar-refractivity contribution in [3.05, 3.63) is 58.6 Å². The SMILES string of the molecule is CCn1cc(C(=O)N2CCN(CC(=O)N3CCCC3)CC2)c2nn(-c3ccccc3)c(=O)c-2c1. The molecule has 1 aromatic rings. The Kier molecular flexibility index (Phi) is 6.19. The summed E-state index contributed by atoms with van der Waals surface area (Å²) in [6.45, 7) is 7.12. The normalized spacial score (nSPS) is 17.0. The second-order valence-corrected chi connectivity index (χ2v) is 8.97. The molecule has 0 spiro atoms. The summed E-state index contributed by atoms with van der Waals surface area (Å²) in [7, 11) is 0. The van der Waals surface area contributed by atoms with E-state index < -0.39 is 0 Å². The molecule has 5 rings (SSSR count). The van der Waals surface area contributed by atoms with Gasteiger partial charge in [0, 0.05) is 58.2 Å². The van der Waals surface area contributed by atoms with Crippen LogP contribution in [0.15, 0.2) is 47.5 Å². The van der Waals surface area contributed by atoms with Crippen LogP contribution in [0.5, 0.6) is 0 Å². The third-order valence-corrected chi connectivity index (χ3v) is 6.80. The van der Waals surface area contributed by atoms with Gasteiger partial charge in [-0.1, -0.05) is 18.2 Å². The van der Waals surface area contributed by atoms with Crippen molar-refractivity contribution in [2.75, 3.05) is 45.8 Å². The van der Waals surface area contributed by atoms with Crippen LogP contribution < -0.4 is 5.56 Å². The fourth-order valence-corrected chi connectivity index (χ4v) is 4.78. The summed E-state index contributed by atoms with van der Waals surface area (Å²) in [6.07, 6.45) is 5.73. The second kappa shape index (κ2) is 9.42. The molecule has 34 heavy (non-hydrogen) atoms. The molecular formula is C25H30N6O3. The van der Waals surface area contributed by atoms with Crippen LogP contribution in [0, 0.1) is 0 Å². The van der Waals surface area contributed by atoms with Crippen LogP contribution >= 0.6 is 0 Å². The Hall–Kier alpha value is -3.46. The number of amides is 2. The van der Waals surface area contributed by atoms with E-state index >= 15 is 0 Å². The zero-order valence-corrected chi connectivity index (χ0v) is 19.5. The molecule has 2 amide bonds. The molecule has 4 aliphatic rings. The number of fused-ring (bicyclic) bond motifs is 1. The fourth-order valence-electron chi connectivity index (χ4n) is 4.78. The van der Waals surface area contributed by atoms with E-state index in [2.05, 4.69) is 10.00 Å². The molecule has 9 heteroatoms. The molecule has 0 radical (unpaired) electrons. The first-order chi connectivity index (χ1) is 16.5. The van der Waals surface area contributed by atoms with E-state index in [1.54, 1.807) is 17.3 Å². The monoisotopic (exact) mass is 462 g/mol. The number of piperazine rings is 1. The zero-order chi connectivity index (χ0) is 23.7. The lowest BCUT2D eigenvalue weighted by Gasteiger charge is -2.35. The maximum Gasteiger partial charge on any atom is 0.282 e. The summed E-state index contributed by atoms with van der Waals surface area (Å²) < 4.78 is 3.22. The minimum atomic E-state index is -0.233. The van der Waals surface area contributed by atoms with Gasteiger partial charge >= 0.3 is 0 Å². The molecule has 4 heterocycles. The van der Waals surface area contributed by atoms with Crippen molar-refractivity contribution >= 4 is 11.8 Å². The molecule has 2 fully saturated rings. The maximum atomic E-state index is 13.5. The van der Waals surface area contributed by atoms with Gasteiger partial charge in [-0.2, -0.15) is 9.78 Å². The highest BCUT2D eigenvalue weighted by Gasteiger charge is 2.30. The van der Waals surface area contributed by atoms with Crippen LogP contribution in [0.25, 0.3) is 16.9 Å². The van der Waals surface area contributed by atoms with Crippen LogP contribution in [0.1, 0.15) is 30.1 Å². The van der Waals surface area contributed by atoms with Crippen LogP contribution in [-0.2, 0) is 11.3 Å². The van der Waals surface area contributed by atoms with E-state index in [9.17, 15) is 14.4 Å². The summed E-state index contributed by atoms with van der Waals surface area (Å²) in [5.74, 6) is 0.0523. The maximum absolute atomic E-state index is 13.5. The average Bonchev–Trinajstić information content (AvgIpc) is 3.53. The van der Waals surface area contributed by atoms with Crippen LogP contribution in [0.2, 0.25) is 0 Å². The highest BCUT2D eigenvalue weighted by Crippen LogP contribution is 2.24. The molecule has 0 unspecified atom stereocenters. The van der Waals surface area contributed by atoms with E-state index in [1.165, 1.54) is 4.68 Å². The van der Waals surface area contributed by atoms with E-state index in [0.717, 1.165) is 25.9 Å². The molecule has 1 aromatic carbocycles. The molecule has 178 valence electrons. The number of benzene rings is 1.